The Morgan fingerprint density at radius 1 is 1.53 bits per heavy atom. The number of aryl methyl sites for hydroxylation is 1. The summed E-state index contributed by atoms with van der Waals surface area (Å²) in [5.74, 6) is 2.69. The topological polar surface area (TPSA) is 56.7 Å². The van der Waals surface area contributed by atoms with Crippen molar-refractivity contribution in [2.45, 2.75) is 52.1 Å². The summed E-state index contributed by atoms with van der Waals surface area (Å²) in [6.07, 6.45) is 2.96. The smallest absolute Gasteiger partial charge is 0.151 e. The second-order valence-electron chi connectivity index (χ2n) is 4.93. The Hall–Kier alpha value is -0.900. The molecule has 2 rings (SSSR count). The molecule has 1 aliphatic heterocycles. The van der Waals surface area contributed by atoms with Crippen molar-refractivity contribution in [3.8, 4) is 0 Å². The average molecular weight is 208 g/mol. The van der Waals surface area contributed by atoms with Gasteiger partial charge in [0.2, 0.25) is 0 Å². The van der Waals surface area contributed by atoms with Crippen LogP contribution in [0.2, 0.25) is 0 Å². The van der Waals surface area contributed by atoms with E-state index in [9.17, 15) is 0 Å². The Bertz CT molecular complexity index is 342. The van der Waals surface area contributed by atoms with Gasteiger partial charge in [-0.05, 0) is 19.3 Å². The first-order valence-corrected chi connectivity index (χ1v) is 5.77. The Morgan fingerprint density at radius 2 is 2.27 bits per heavy atom. The molecule has 2 atom stereocenters. The number of aromatic nitrogens is 3. The lowest BCUT2D eigenvalue weighted by Gasteiger charge is -2.25. The molecule has 2 N–H and O–H groups in total. The summed E-state index contributed by atoms with van der Waals surface area (Å²) < 4.78 is 2.02. The van der Waals surface area contributed by atoms with Gasteiger partial charge in [0.25, 0.3) is 0 Å². The minimum absolute atomic E-state index is 0.228. The number of nitrogens with two attached hydrogens (primary N) is 1. The molecule has 0 aliphatic carbocycles. The van der Waals surface area contributed by atoms with E-state index in [2.05, 4.69) is 30.9 Å². The summed E-state index contributed by atoms with van der Waals surface area (Å²) in [7, 11) is 0. The maximum atomic E-state index is 6.01. The largest absolute Gasteiger partial charge is 0.326 e. The summed E-state index contributed by atoms with van der Waals surface area (Å²) in [5, 5.41) is 4.55. The lowest BCUT2D eigenvalue weighted by molar-refractivity contribution is 0.337. The zero-order chi connectivity index (χ0) is 11.0. The monoisotopic (exact) mass is 208 g/mol. The molecule has 2 unspecified atom stereocenters. The number of hydrogen-bond acceptors (Lipinski definition) is 3. The van der Waals surface area contributed by atoms with Crippen molar-refractivity contribution in [3.63, 3.8) is 0 Å². The highest BCUT2D eigenvalue weighted by molar-refractivity contribution is 5.01. The van der Waals surface area contributed by atoms with E-state index in [4.69, 9.17) is 5.73 Å². The van der Waals surface area contributed by atoms with E-state index in [1.807, 2.05) is 4.68 Å². The zero-order valence-electron chi connectivity index (χ0n) is 9.77. The van der Waals surface area contributed by atoms with Gasteiger partial charge in [0, 0.05) is 18.9 Å². The summed E-state index contributed by atoms with van der Waals surface area (Å²) >= 11 is 0. The van der Waals surface area contributed by atoms with E-state index in [0.29, 0.717) is 12.0 Å². The van der Waals surface area contributed by atoms with Gasteiger partial charge in [-0.15, -0.1) is 0 Å². The summed E-state index contributed by atoms with van der Waals surface area (Å²) in [6, 6.07) is 0.522. The normalized spacial score (nSPS) is 25.7. The van der Waals surface area contributed by atoms with Gasteiger partial charge in [-0.25, -0.2) is 9.67 Å². The molecule has 0 saturated carbocycles. The van der Waals surface area contributed by atoms with Crippen LogP contribution in [-0.2, 0) is 12.8 Å². The first kappa shape index (κ1) is 10.6. The van der Waals surface area contributed by atoms with E-state index in [-0.39, 0.29) is 6.04 Å². The van der Waals surface area contributed by atoms with Crippen LogP contribution in [0.4, 0.5) is 0 Å². The molecule has 0 spiro atoms. The molecule has 4 heteroatoms. The number of fused-ring (bicyclic) bond motifs is 1. The van der Waals surface area contributed by atoms with E-state index in [1.165, 1.54) is 0 Å². The van der Waals surface area contributed by atoms with E-state index in [1.54, 1.807) is 0 Å². The van der Waals surface area contributed by atoms with Crippen LogP contribution in [0.15, 0.2) is 0 Å². The zero-order valence-corrected chi connectivity index (χ0v) is 9.77. The summed E-state index contributed by atoms with van der Waals surface area (Å²) in [5.41, 5.74) is 6.01. The molecule has 84 valence electrons. The van der Waals surface area contributed by atoms with Gasteiger partial charge in [0.15, 0.2) is 5.82 Å². The van der Waals surface area contributed by atoms with Crippen molar-refractivity contribution in [2.75, 3.05) is 0 Å². The van der Waals surface area contributed by atoms with Gasteiger partial charge < -0.3 is 5.73 Å². The van der Waals surface area contributed by atoms with Crippen LogP contribution < -0.4 is 5.73 Å². The van der Waals surface area contributed by atoms with Gasteiger partial charge in [-0.2, -0.15) is 5.10 Å². The molecular formula is C11H20N4. The van der Waals surface area contributed by atoms with Crippen LogP contribution in [-0.4, -0.2) is 20.8 Å². The molecular weight excluding hydrogens is 188 g/mol. The van der Waals surface area contributed by atoms with Crippen molar-refractivity contribution >= 4 is 0 Å². The fraction of sp³-hybridized carbons (Fsp3) is 0.818. The van der Waals surface area contributed by atoms with Crippen LogP contribution >= 0.6 is 0 Å². The third kappa shape index (κ3) is 2.04. The average Bonchev–Trinajstić information content (AvgIpc) is 2.54. The number of hydrogen-bond donors (Lipinski definition) is 1. The quantitative estimate of drug-likeness (QED) is 0.797. The Balaban J connectivity index is 2.23. The van der Waals surface area contributed by atoms with Gasteiger partial charge >= 0.3 is 0 Å². The lowest BCUT2D eigenvalue weighted by atomic mass is 10.0. The molecule has 0 bridgehead atoms. The second-order valence-corrected chi connectivity index (χ2v) is 4.93. The Kier molecular flexibility index (Phi) is 2.78. The third-order valence-electron chi connectivity index (χ3n) is 3.04. The maximum absolute atomic E-state index is 6.01. The molecule has 0 amide bonds. The molecule has 4 nitrogen and oxygen atoms in total. The highest BCUT2D eigenvalue weighted by atomic mass is 15.4. The van der Waals surface area contributed by atoms with Crippen molar-refractivity contribution in [3.05, 3.63) is 11.6 Å². The van der Waals surface area contributed by atoms with Crippen LogP contribution in [0.5, 0.6) is 0 Å². The molecule has 0 fully saturated rings. The summed E-state index contributed by atoms with van der Waals surface area (Å²) in [4.78, 5) is 4.57. The van der Waals surface area contributed by atoms with Crippen molar-refractivity contribution in [1.29, 1.82) is 0 Å². The molecule has 0 radical (unpaired) electrons. The van der Waals surface area contributed by atoms with E-state index in [0.717, 1.165) is 30.9 Å². The van der Waals surface area contributed by atoms with Crippen LogP contribution in [0.25, 0.3) is 0 Å². The standard InChI is InChI=1S/C11H20N4/c1-7(2)6-10-13-11-5-4-9(12)8(3)15(11)14-10/h7-9H,4-6,12H2,1-3H3. The Morgan fingerprint density at radius 3 is 2.93 bits per heavy atom. The predicted octanol–water partition coefficient (Wildman–Crippen LogP) is 1.31. The Labute approximate surface area is 90.9 Å². The fourth-order valence-electron chi connectivity index (χ4n) is 2.07. The lowest BCUT2D eigenvalue weighted by Crippen LogP contribution is -2.36. The predicted molar refractivity (Wildman–Crippen MR) is 59.6 cm³/mol. The second kappa shape index (κ2) is 3.93. The molecule has 1 aliphatic rings. The van der Waals surface area contributed by atoms with Crippen LogP contribution in [0, 0.1) is 5.92 Å². The number of nitrogens with zero attached hydrogens (tertiary/aromatic N) is 3. The maximum Gasteiger partial charge on any atom is 0.151 e. The molecule has 0 saturated heterocycles. The molecule has 15 heavy (non-hydrogen) atoms. The molecule has 0 aromatic carbocycles. The van der Waals surface area contributed by atoms with Gasteiger partial charge in [-0.3, -0.25) is 0 Å². The SMILES string of the molecule is CC(C)Cc1nc2n(n1)C(C)C(N)CC2. The minimum atomic E-state index is 0.228. The van der Waals surface area contributed by atoms with Crippen molar-refractivity contribution in [2.24, 2.45) is 11.7 Å². The fourth-order valence-corrected chi connectivity index (χ4v) is 2.07. The van der Waals surface area contributed by atoms with Gasteiger partial charge in [0.1, 0.15) is 5.82 Å². The van der Waals surface area contributed by atoms with Crippen LogP contribution in [0.3, 0.4) is 0 Å². The molecule has 1 aromatic rings. The van der Waals surface area contributed by atoms with Gasteiger partial charge in [-0.1, -0.05) is 13.8 Å². The first-order chi connectivity index (χ1) is 7.08. The molecule has 1 aromatic heterocycles. The number of rotatable bonds is 2. The van der Waals surface area contributed by atoms with Gasteiger partial charge in [0.05, 0.1) is 6.04 Å². The van der Waals surface area contributed by atoms with E-state index >= 15 is 0 Å². The third-order valence-corrected chi connectivity index (χ3v) is 3.04. The van der Waals surface area contributed by atoms with Crippen molar-refractivity contribution < 1.29 is 0 Å². The first-order valence-electron chi connectivity index (χ1n) is 5.77. The highest BCUT2D eigenvalue weighted by Crippen LogP contribution is 2.22. The minimum Gasteiger partial charge on any atom is -0.326 e. The molecule has 2 heterocycles. The highest BCUT2D eigenvalue weighted by Gasteiger charge is 2.25. The summed E-state index contributed by atoms with van der Waals surface area (Å²) in [6.45, 7) is 6.51. The van der Waals surface area contributed by atoms with Crippen molar-refractivity contribution in [1.82, 2.24) is 14.8 Å². The van der Waals surface area contributed by atoms with Crippen LogP contribution in [0.1, 0.15) is 44.9 Å². The van der Waals surface area contributed by atoms with E-state index < -0.39 is 0 Å².